The van der Waals surface area contributed by atoms with Crippen LogP contribution in [-0.2, 0) is 33.2 Å². The molecule has 0 aromatic rings. The summed E-state index contributed by atoms with van der Waals surface area (Å²) < 4.78 is 34.3. The summed E-state index contributed by atoms with van der Waals surface area (Å²) in [7, 11) is 0. The maximum Gasteiger partial charge on any atom is 0.220 e. The smallest absolute Gasteiger partial charge is 0.220 e. The van der Waals surface area contributed by atoms with Crippen LogP contribution in [0.3, 0.4) is 0 Å². The maximum absolute atomic E-state index is 13.3. The number of ether oxygens (including phenoxy) is 6. The molecule has 488 valence electrons. The van der Waals surface area contributed by atoms with Crippen LogP contribution in [0.1, 0.15) is 245 Å². The first-order valence-electron chi connectivity index (χ1n) is 33.1. The molecular weight excluding hydrogens is 1070 g/mol. The van der Waals surface area contributed by atoms with E-state index in [2.05, 4.69) is 43.5 Å². The van der Waals surface area contributed by atoms with E-state index in [1.54, 1.807) is 0 Å². The second-order valence-corrected chi connectivity index (χ2v) is 23.9. The lowest BCUT2D eigenvalue weighted by Gasteiger charge is -2.48. The summed E-state index contributed by atoms with van der Waals surface area (Å²) in [5, 5.41) is 120. The number of aliphatic hydroxyl groups is 11. The van der Waals surface area contributed by atoms with Crippen molar-refractivity contribution in [1.29, 1.82) is 0 Å². The van der Waals surface area contributed by atoms with Crippen molar-refractivity contribution in [2.24, 2.45) is 0 Å². The van der Waals surface area contributed by atoms with Crippen molar-refractivity contribution in [3.05, 3.63) is 24.3 Å². The molecule has 0 saturated carbocycles. The quantitative estimate of drug-likeness (QED) is 0.0207. The van der Waals surface area contributed by atoms with E-state index in [0.29, 0.717) is 12.8 Å². The first-order chi connectivity index (χ1) is 40.3. The van der Waals surface area contributed by atoms with Gasteiger partial charge in [-0.05, 0) is 38.5 Å². The van der Waals surface area contributed by atoms with Gasteiger partial charge in [-0.2, -0.15) is 0 Å². The van der Waals surface area contributed by atoms with Crippen molar-refractivity contribution >= 4 is 5.91 Å². The molecule has 3 aliphatic heterocycles. The van der Waals surface area contributed by atoms with Crippen LogP contribution in [0.15, 0.2) is 24.3 Å². The Balaban J connectivity index is 1.43. The van der Waals surface area contributed by atoms with Gasteiger partial charge in [0.1, 0.15) is 73.2 Å². The van der Waals surface area contributed by atoms with Crippen LogP contribution in [0.5, 0.6) is 0 Å². The van der Waals surface area contributed by atoms with Gasteiger partial charge in [0.05, 0.1) is 38.6 Å². The van der Waals surface area contributed by atoms with Crippen LogP contribution < -0.4 is 5.32 Å². The van der Waals surface area contributed by atoms with Crippen molar-refractivity contribution in [2.75, 3.05) is 26.4 Å². The standard InChI is InChI=1S/C64H119NO18/c1-3-5-7-9-11-13-15-17-18-19-20-21-22-23-24-25-26-27-28-30-31-33-35-37-39-41-48(69)47(65-52(70)42-40-38-36-34-32-29-16-14-12-10-8-6-4-2)46-78-62-58(76)55(73)60(50(44-67)80-62)83-64-59(77)56(74)61(51(45-68)81-64)82-63-57(75)54(72)53(71)49(43-66)79-63/h8,10,14,16,47-51,53-64,66-69,71-77H,3-7,9,11-13,15,17-46H2,1-2H3,(H,65,70)/b10-8-,16-14-. The highest BCUT2D eigenvalue weighted by Crippen LogP contribution is 2.33. The highest BCUT2D eigenvalue weighted by atomic mass is 16.8. The summed E-state index contributed by atoms with van der Waals surface area (Å²) in [6.45, 7) is 1.73. The third-order valence-corrected chi connectivity index (χ3v) is 16.8. The first-order valence-corrected chi connectivity index (χ1v) is 33.1. The molecule has 19 nitrogen and oxygen atoms in total. The summed E-state index contributed by atoms with van der Waals surface area (Å²) in [5.41, 5.74) is 0. The van der Waals surface area contributed by atoms with Gasteiger partial charge in [-0.15, -0.1) is 0 Å². The monoisotopic (exact) mass is 1190 g/mol. The summed E-state index contributed by atoms with van der Waals surface area (Å²) in [6.07, 6.45) is 24.1. The molecule has 0 aromatic heterocycles. The lowest BCUT2D eigenvalue weighted by molar-refractivity contribution is -0.379. The van der Waals surface area contributed by atoms with Gasteiger partial charge in [0.2, 0.25) is 5.91 Å². The van der Waals surface area contributed by atoms with Crippen LogP contribution in [-0.4, -0.2) is 193 Å². The van der Waals surface area contributed by atoms with Crippen molar-refractivity contribution in [3.63, 3.8) is 0 Å². The van der Waals surface area contributed by atoms with Crippen molar-refractivity contribution in [3.8, 4) is 0 Å². The Labute approximate surface area is 498 Å². The molecule has 0 spiro atoms. The molecule has 3 rings (SSSR count). The van der Waals surface area contributed by atoms with E-state index < -0.39 is 124 Å². The van der Waals surface area contributed by atoms with E-state index in [9.17, 15) is 61.0 Å². The molecule has 12 N–H and O–H groups in total. The zero-order chi connectivity index (χ0) is 60.5. The van der Waals surface area contributed by atoms with E-state index in [0.717, 1.165) is 77.0 Å². The van der Waals surface area contributed by atoms with Gasteiger partial charge < -0.3 is 89.9 Å². The predicted octanol–water partition coefficient (Wildman–Crippen LogP) is 7.49. The van der Waals surface area contributed by atoms with Gasteiger partial charge >= 0.3 is 0 Å². The average molecular weight is 1190 g/mol. The minimum atomic E-state index is -1.97. The number of hydrogen-bond donors (Lipinski definition) is 12. The largest absolute Gasteiger partial charge is 0.394 e. The molecule has 19 heteroatoms. The number of aliphatic hydroxyl groups excluding tert-OH is 11. The number of carbonyl (C=O) groups is 1. The molecule has 1 amide bonds. The lowest BCUT2D eigenvalue weighted by Crippen LogP contribution is -2.66. The van der Waals surface area contributed by atoms with Gasteiger partial charge in [-0.25, -0.2) is 0 Å². The molecule has 0 aromatic carbocycles. The fraction of sp³-hybridized carbons (Fsp3) is 0.922. The van der Waals surface area contributed by atoms with E-state index in [4.69, 9.17) is 28.4 Å². The number of hydrogen-bond acceptors (Lipinski definition) is 18. The van der Waals surface area contributed by atoms with E-state index in [-0.39, 0.29) is 18.9 Å². The second kappa shape index (κ2) is 47.3. The van der Waals surface area contributed by atoms with Crippen molar-refractivity contribution < 1.29 is 89.4 Å². The minimum absolute atomic E-state index is 0.251. The highest BCUT2D eigenvalue weighted by molar-refractivity contribution is 5.76. The summed E-state index contributed by atoms with van der Waals surface area (Å²) in [4.78, 5) is 13.3. The zero-order valence-electron chi connectivity index (χ0n) is 51.2. The van der Waals surface area contributed by atoms with Crippen LogP contribution in [0.4, 0.5) is 0 Å². The number of allylic oxidation sites excluding steroid dienone is 4. The van der Waals surface area contributed by atoms with Crippen LogP contribution in [0.2, 0.25) is 0 Å². The minimum Gasteiger partial charge on any atom is -0.394 e. The first kappa shape index (κ1) is 75.5. The Bertz CT molecular complexity index is 1610. The number of nitrogens with one attached hydrogen (secondary N) is 1. The molecular formula is C64H119NO18. The molecule has 0 aliphatic carbocycles. The van der Waals surface area contributed by atoms with Gasteiger partial charge in [-0.3, -0.25) is 4.79 Å². The molecule has 3 heterocycles. The lowest BCUT2D eigenvalue weighted by atomic mass is 9.96. The van der Waals surface area contributed by atoms with Gasteiger partial charge in [-0.1, -0.05) is 224 Å². The van der Waals surface area contributed by atoms with Gasteiger partial charge in [0.25, 0.3) is 0 Å². The van der Waals surface area contributed by atoms with Crippen molar-refractivity contribution in [1.82, 2.24) is 5.32 Å². The molecule has 17 atom stereocenters. The highest BCUT2D eigenvalue weighted by Gasteiger charge is 2.53. The molecule has 0 radical (unpaired) electrons. The molecule has 0 bridgehead atoms. The number of rotatable bonds is 50. The third-order valence-electron chi connectivity index (χ3n) is 16.8. The van der Waals surface area contributed by atoms with Crippen LogP contribution in [0.25, 0.3) is 0 Å². The fourth-order valence-electron chi connectivity index (χ4n) is 11.4. The molecule has 3 fully saturated rings. The van der Waals surface area contributed by atoms with E-state index in [1.807, 2.05) is 0 Å². The fourth-order valence-corrected chi connectivity index (χ4v) is 11.4. The second-order valence-electron chi connectivity index (χ2n) is 23.9. The normalized spacial score (nSPS) is 29.5. The van der Waals surface area contributed by atoms with Crippen LogP contribution in [0, 0.1) is 0 Å². The third kappa shape index (κ3) is 30.4. The van der Waals surface area contributed by atoms with Crippen molar-refractivity contribution in [2.45, 2.75) is 349 Å². The van der Waals surface area contributed by atoms with Gasteiger partial charge in [0, 0.05) is 6.42 Å². The summed E-state index contributed by atoms with van der Waals surface area (Å²) >= 11 is 0. The topological polar surface area (TPSA) is 307 Å². The molecule has 3 aliphatic rings. The predicted molar refractivity (Wildman–Crippen MR) is 319 cm³/mol. The Morgan fingerprint density at radius 2 is 0.819 bits per heavy atom. The van der Waals surface area contributed by atoms with Crippen LogP contribution >= 0.6 is 0 Å². The SMILES string of the molecule is CCC/C=C\C/C=C\CCCCCCCC(=O)NC(COC1OC(CO)C(OC2OC(CO)C(OC3OC(CO)C(O)C(O)C3O)C(O)C2O)C(O)C1O)C(O)CCCCCCCCCCCCCCCCCCCCCCCCCCC. The Kier molecular flexibility index (Phi) is 43.0. The van der Waals surface area contributed by atoms with Gasteiger partial charge in [0.15, 0.2) is 18.9 Å². The Morgan fingerprint density at radius 1 is 0.434 bits per heavy atom. The molecule has 83 heavy (non-hydrogen) atoms. The maximum atomic E-state index is 13.3. The Hall–Kier alpha value is -1.73. The number of carbonyl (C=O) groups excluding carboxylic acids is 1. The number of amides is 1. The zero-order valence-corrected chi connectivity index (χ0v) is 51.2. The molecule has 3 saturated heterocycles. The molecule has 17 unspecified atom stereocenters. The summed E-state index contributed by atoms with van der Waals surface area (Å²) in [5.74, 6) is -0.256. The van der Waals surface area contributed by atoms with E-state index >= 15 is 0 Å². The summed E-state index contributed by atoms with van der Waals surface area (Å²) in [6, 6.07) is -0.893. The average Bonchev–Trinajstić information content (AvgIpc) is 3.33. The number of unbranched alkanes of at least 4 members (excludes halogenated alkanes) is 30. The van der Waals surface area contributed by atoms with E-state index in [1.165, 1.54) is 135 Å². The Morgan fingerprint density at radius 3 is 1.28 bits per heavy atom.